The van der Waals surface area contributed by atoms with E-state index in [2.05, 4.69) is 58.9 Å². The van der Waals surface area contributed by atoms with Crippen molar-refractivity contribution in [2.24, 2.45) is 0 Å². The largest absolute Gasteiger partial charge is 0.378 e. The van der Waals surface area contributed by atoms with Gasteiger partial charge < -0.3 is 19.4 Å². The predicted molar refractivity (Wildman–Crippen MR) is 126 cm³/mol. The van der Waals surface area contributed by atoms with Gasteiger partial charge in [0.05, 0.1) is 13.2 Å². The fraction of sp³-hybridized carbons (Fsp3) is 0.577. The second kappa shape index (κ2) is 9.90. The first-order valence-electron chi connectivity index (χ1n) is 11.9. The van der Waals surface area contributed by atoms with Crippen LogP contribution >= 0.6 is 0 Å². The van der Waals surface area contributed by atoms with E-state index in [9.17, 15) is 4.79 Å². The van der Waals surface area contributed by atoms with E-state index in [-0.39, 0.29) is 5.91 Å². The number of anilines is 1. The van der Waals surface area contributed by atoms with Crippen molar-refractivity contribution in [1.82, 2.24) is 9.80 Å². The van der Waals surface area contributed by atoms with Crippen LogP contribution in [-0.2, 0) is 16.0 Å². The quantitative estimate of drug-likeness (QED) is 0.530. The van der Waals surface area contributed by atoms with Crippen molar-refractivity contribution in [3.05, 3.63) is 53.3 Å². The molecular formula is C26H37N3O2. The number of morpholine rings is 1. The van der Waals surface area contributed by atoms with E-state index in [1.165, 1.54) is 16.9 Å². The zero-order valence-corrected chi connectivity index (χ0v) is 19.3. The summed E-state index contributed by atoms with van der Waals surface area (Å²) in [7, 11) is 0. The van der Waals surface area contributed by atoms with Crippen molar-refractivity contribution in [2.45, 2.75) is 58.5 Å². The summed E-state index contributed by atoms with van der Waals surface area (Å²) in [4.78, 5) is 20.3. The number of nitrogens with zero attached hydrogens (tertiary/aromatic N) is 3. The van der Waals surface area contributed by atoms with Crippen LogP contribution in [0.1, 0.15) is 45.6 Å². The predicted octanol–water partition coefficient (Wildman–Crippen LogP) is 4.00. The molecule has 2 unspecified atom stereocenters. The summed E-state index contributed by atoms with van der Waals surface area (Å²) in [6.07, 6.45) is 8.45. The second-order valence-electron chi connectivity index (χ2n) is 9.10. The summed E-state index contributed by atoms with van der Waals surface area (Å²) in [6.45, 7) is 11.6. The Hall–Kier alpha value is -2.27. The lowest BCUT2D eigenvalue weighted by molar-refractivity contribution is -0.128. The van der Waals surface area contributed by atoms with Gasteiger partial charge in [-0.1, -0.05) is 31.2 Å². The van der Waals surface area contributed by atoms with Crippen LogP contribution in [0.2, 0.25) is 0 Å². The molecule has 3 aliphatic rings. The number of benzene rings is 1. The van der Waals surface area contributed by atoms with Crippen LogP contribution in [0.25, 0.3) is 0 Å². The molecule has 0 radical (unpaired) electrons. The Morgan fingerprint density at radius 3 is 2.68 bits per heavy atom. The van der Waals surface area contributed by atoms with E-state index >= 15 is 0 Å². The molecular weight excluding hydrogens is 386 g/mol. The number of hydrogen-bond acceptors (Lipinski definition) is 4. The number of hydrogen-bond donors (Lipinski definition) is 0. The van der Waals surface area contributed by atoms with Crippen molar-refractivity contribution < 1.29 is 9.53 Å². The summed E-state index contributed by atoms with van der Waals surface area (Å²) in [6, 6.07) is 9.66. The average Bonchev–Trinajstić information content (AvgIpc) is 3.15. The van der Waals surface area contributed by atoms with Gasteiger partial charge in [0.25, 0.3) is 0 Å². The Morgan fingerprint density at radius 1 is 1.13 bits per heavy atom. The van der Waals surface area contributed by atoms with Crippen LogP contribution in [0, 0.1) is 0 Å². The number of allylic oxidation sites excluding steroid dienone is 3. The summed E-state index contributed by atoms with van der Waals surface area (Å²) in [5, 5.41) is 0. The molecule has 2 fully saturated rings. The third-order valence-corrected chi connectivity index (χ3v) is 6.98. The smallest absolute Gasteiger partial charge is 0.249 e. The number of likely N-dealkylation sites (tertiary alicyclic amines) is 1. The number of carbonyl (C=O) groups is 1. The van der Waals surface area contributed by atoms with Crippen LogP contribution in [-0.4, -0.2) is 67.2 Å². The van der Waals surface area contributed by atoms with E-state index in [0.29, 0.717) is 12.1 Å². The van der Waals surface area contributed by atoms with Gasteiger partial charge >= 0.3 is 0 Å². The molecule has 4 rings (SSSR count). The Morgan fingerprint density at radius 2 is 1.90 bits per heavy atom. The first-order chi connectivity index (χ1) is 15.1. The van der Waals surface area contributed by atoms with Gasteiger partial charge in [0.15, 0.2) is 0 Å². The van der Waals surface area contributed by atoms with Crippen molar-refractivity contribution in [1.29, 1.82) is 0 Å². The van der Waals surface area contributed by atoms with Crippen LogP contribution in [0.15, 0.2) is 47.7 Å². The number of piperidine rings is 1. The van der Waals surface area contributed by atoms with Gasteiger partial charge in [-0.05, 0) is 57.2 Å². The van der Waals surface area contributed by atoms with Gasteiger partial charge in [-0.15, -0.1) is 0 Å². The van der Waals surface area contributed by atoms with E-state index < -0.39 is 0 Å². The fourth-order valence-electron chi connectivity index (χ4n) is 5.35. The molecule has 1 aromatic rings. The molecule has 5 heteroatoms. The molecule has 2 atom stereocenters. The maximum atomic E-state index is 13.2. The molecule has 5 nitrogen and oxygen atoms in total. The topological polar surface area (TPSA) is 36.0 Å². The van der Waals surface area contributed by atoms with Crippen molar-refractivity contribution in [3.8, 4) is 0 Å². The zero-order valence-electron chi connectivity index (χ0n) is 19.3. The zero-order chi connectivity index (χ0) is 21.8. The summed E-state index contributed by atoms with van der Waals surface area (Å²) in [5.41, 5.74) is 4.92. The Labute approximate surface area is 187 Å². The highest BCUT2D eigenvalue weighted by Crippen LogP contribution is 2.35. The van der Waals surface area contributed by atoms with Crippen LogP contribution in [0.5, 0.6) is 0 Å². The second-order valence-corrected chi connectivity index (χ2v) is 9.10. The molecule has 3 aliphatic heterocycles. The van der Waals surface area contributed by atoms with Gasteiger partial charge in [-0.2, -0.15) is 0 Å². The van der Waals surface area contributed by atoms with Gasteiger partial charge in [0, 0.05) is 55.2 Å². The number of fused-ring (bicyclic) bond motifs is 1. The molecule has 0 N–H and O–H groups in total. The third-order valence-electron chi connectivity index (χ3n) is 6.98. The summed E-state index contributed by atoms with van der Waals surface area (Å²) >= 11 is 0. The minimum Gasteiger partial charge on any atom is -0.378 e. The molecule has 0 aromatic heterocycles. The fourth-order valence-corrected chi connectivity index (χ4v) is 5.35. The molecule has 1 amide bonds. The van der Waals surface area contributed by atoms with Crippen molar-refractivity contribution >= 4 is 11.6 Å². The van der Waals surface area contributed by atoms with E-state index in [4.69, 9.17) is 4.74 Å². The highest BCUT2D eigenvalue weighted by Gasteiger charge is 2.35. The molecule has 168 valence electrons. The van der Waals surface area contributed by atoms with Gasteiger partial charge in [0.1, 0.15) is 0 Å². The first-order valence-corrected chi connectivity index (χ1v) is 11.9. The lowest BCUT2D eigenvalue weighted by Gasteiger charge is -2.41. The molecule has 31 heavy (non-hydrogen) atoms. The molecule has 3 heterocycles. The number of carbonyl (C=O) groups excluding carboxylic acids is 1. The highest BCUT2D eigenvalue weighted by atomic mass is 16.5. The summed E-state index contributed by atoms with van der Waals surface area (Å²) < 4.78 is 5.47. The van der Waals surface area contributed by atoms with Crippen molar-refractivity contribution in [2.75, 3.05) is 44.3 Å². The third kappa shape index (κ3) is 4.82. The number of para-hydroxylation sites is 1. The van der Waals surface area contributed by atoms with Gasteiger partial charge in [-0.25, -0.2) is 0 Å². The van der Waals surface area contributed by atoms with Gasteiger partial charge in [0.2, 0.25) is 5.91 Å². The minimum atomic E-state index is 0.179. The van der Waals surface area contributed by atoms with Crippen LogP contribution in [0.4, 0.5) is 5.69 Å². The Kier molecular flexibility index (Phi) is 7.01. The van der Waals surface area contributed by atoms with Crippen molar-refractivity contribution in [3.63, 3.8) is 0 Å². The molecule has 1 aromatic carbocycles. The molecule has 0 bridgehead atoms. The Bertz CT molecular complexity index is 841. The molecule has 0 spiro atoms. The maximum Gasteiger partial charge on any atom is 0.249 e. The SMILES string of the molecule is CC/C(=C\C=C(/C)C(=O)N1CCCC(N2c3ccccc3CC2C)C1)N1CCOCC1. The number of amides is 1. The molecule has 0 aliphatic carbocycles. The highest BCUT2D eigenvalue weighted by molar-refractivity contribution is 5.93. The summed E-state index contributed by atoms with van der Waals surface area (Å²) in [5.74, 6) is 0.179. The molecule has 0 saturated carbocycles. The lowest BCUT2D eigenvalue weighted by Crippen LogP contribution is -2.51. The standard InChI is InChI=1S/C26H37N3O2/c1-4-23(27-14-16-31-17-15-27)12-11-20(2)26(30)28-13-7-9-24(19-28)29-21(3)18-22-8-5-6-10-25(22)29/h5-6,8,10-12,21,24H,4,7,9,13-19H2,1-3H3/b20-11+,23-12+. The van der Waals surface area contributed by atoms with Crippen LogP contribution < -0.4 is 4.90 Å². The van der Waals surface area contributed by atoms with E-state index in [1.807, 2.05) is 13.0 Å². The average molecular weight is 424 g/mol. The van der Waals surface area contributed by atoms with Crippen LogP contribution in [0.3, 0.4) is 0 Å². The maximum absolute atomic E-state index is 13.2. The monoisotopic (exact) mass is 423 g/mol. The van der Waals surface area contributed by atoms with E-state index in [0.717, 1.165) is 70.6 Å². The van der Waals surface area contributed by atoms with E-state index in [1.54, 1.807) is 0 Å². The number of ether oxygens (including phenoxy) is 1. The normalized spacial score (nSPS) is 25.1. The Balaban J connectivity index is 1.43. The molecule has 2 saturated heterocycles. The minimum absolute atomic E-state index is 0.179. The first kappa shape index (κ1) is 21.9. The number of rotatable bonds is 5. The lowest BCUT2D eigenvalue weighted by atomic mass is 10.0. The van der Waals surface area contributed by atoms with Gasteiger partial charge in [-0.3, -0.25) is 4.79 Å².